The molecule has 0 radical (unpaired) electrons. The van der Waals surface area contributed by atoms with Gasteiger partial charge in [-0.1, -0.05) is 20.8 Å². The number of nitrogens with zero attached hydrogens (tertiary/aromatic N) is 2. The third-order valence-corrected chi connectivity index (χ3v) is 6.69. The van der Waals surface area contributed by atoms with Gasteiger partial charge in [0.25, 0.3) is 0 Å². The molecule has 0 aromatic carbocycles. The van der Waals surface area contributed by atoms with Gasteiger partial charge in [0, 0.05) is 34.7 Å². The van der Waals surface area contributed by atoms with Crippen LogP contribution in [0, 0.1) is 0 Å². The fraction of sp³-hybridized carbons (Fsp3) is 0.786. The molecule has 1 aromatic rings. The standard InChI is InChI=1S/C14H25N3S2/c1-4-8-17-12(6-7-16-17)13(15-5-2)14-11(3)18-9-10-19-14/h6-7,11,13-15H,4-5,8-10H2,1-3H3. The Balaban J connectivity index is 2.20. The summed E-state index contributed by atoms with van der Waals surface area (Å²) >= 11 is 4.23. The van der Waals surface area contributed by atoms with Gasteiger partial charge < -0.3 is 5.32 Å². The van der Waals surface area contributed by atoms with Crippen LogP contribution in [0.5, 0.6) is 0 Å². The van der Waals surface area contributed by atoms with Gasteiger partial charge in [-0.25, -0.2) is 0 Å². The Bertz CT molecular complexity index is 381. The number of thioether (sulfide) groups is 2. The fourth-order valence-corrected chi connectivity index (χ4v) is 5.56. The van der Waals surface area contributed by atoms with Crippen molar-refractivity contribution in [1.82, 2.24) is 15.1 Å². The number of aryl methyl sites for hydroxylation is 1. The maximum atomic E-state index is 4.49. The van der Waals surface area contributed by atoms with Crippen molar-refractivity contribution in [3.05, 3.63) is 18.0 Å². The molecule has 0 amide bonds. The molecule has 0 bridgehead atoms. The van der Waals surface area contributed by atoms with Gasteiger partial charge in [-0.05, 0) is 19.0 Å². The van der Waals surface area contributed by atoms with Crippen LogP contribution in [-0.2, 0) is 6.54 Å². The van der Waals surface area contributed by atoms with Crippen molar-refractivity contribution in [2.75, 3.05) is 18.1 Å². The third-order valence-electron chi connectivity index (χ3n) is 3.49. The number of nitrogens with one attached hydrogen (secondary N) is 1. The van der Waals surface area contributed by atoms with E-state index in [0.717, 1.165) is 19.5 Å². The molecular weight excluding hydrogens is 274 g/mol. The van der Waals surface area contributed by atoms with E-state index in [9.17, 15) is 0 Å². The lowest BCUT2D eigenvalue weighted by Gasteiger charge is -2.35. The second kappa shape index (κ2) is 7.60. The maximum Gasteiger partial charge on any atom is 0.0623 e. The summed E-state index contributed by atoms with van der Waals surface area (Å²) in [5, 5.41) is 9.52. The summed E-state index contributed by atoms with van der Waals surface area (Å²) in [6, 6.07) is 2.61. The molecule has 19 heavy (non-hydrogen) atoms. The monoisotopic (exact) mass is 299 g/mol. The van der Waals surface area contributed by atoms with Crippen molar-refractivity contribution >= 4 is 23.5 Å². The second-order valence-corrected chi connectivity index (χ2v) is 7.70. The van der Waals surface area contributed by atoms with Gasteiger partial charge in [0.1, 0.15) is 0 Å². The predicted molar refractivity (Wildman–Crippen MR) is 87.1 cm³/mol. The van der Waals surface area contributed by atoms with E-state index in [0.29, 0.717) is 16.5 Å². The Hall–Kier alpha value is -0.130. The Morgan fingerprint density at radius 1 is 1.42 bits per heavy atom. The van der Waals surface area contributed by atoms with Crippen molar-refractivity contribution < 1.29 is 0 Å². The van der Waals surface area contributed by atoms with Crippen molar-refractivity contribution in [2.45, 2.75) is 50.3 Å². The highest BCUT2D eigenvalue weighted by atomic mass is 32.2. The second-order valence-electron chi connectivity index (χ2n) is 4.93. The lowest BCUT2D eigenvalue weighted by molar-refractivity contribution is 0.465. The minimum atomic E-state index is 0.423. The molecule has 2 heterocycles. The van der Waals surface area contributed by atoms with E-state index in [4.69, 9.17) is 0 Å². The Morgan fingerprint density at radius 3 is 2.89 bits per heavy atom. The molecule has 1 N–H and O–H groups in total. The highest BCUT2D eigenvalue weighted by molar-refractivity contribution is 8.07. The molecule has 0 spiro atoms. The minimum absolute atomic E-state index is 0.423. The summed E-state index contributed by atoms with van der Waals surface area (Å²) in [5.74, 6) is 2.55. The topological polar surface area (TPSA) is 29.9 Å². The summed E-state index contributed by atoms with van der Waals surface area (Å²) < 4.78 is 2.18. The van der Waals surface area contributed by atoms with Gasteiger partial charge in [-0.3, -0.25) is 4.68 Å². The Morgan fingerprint density at radius 2 is 2.21 bits per heavy atom. The summed E-state index contributed by atoms with van der Waals surface area (Å²) in [6.07, 6.45) is 3.08. The van der Waals surface area contributed by atoms with Gasteiger partial charge in [0.15, 0.2) is 0 Å². The van der Waals surface area contributed by atoms with Crippen molar-refractivity contribution in [3.8, 4) is 0 Å². The number of rotatable bonds is 6. The summed E-state index contributed by atoms with van der Waals surface area (Å²) in [5.41, 5.74) is 1.36. The van der Waals surface area contributed by atoms with E-state index in [-0.39, 0.29) is 0 Å². The number of hydrogen-bond donors (Lipinski definition) is 1. The van der Waals surface area contributed by atoms with Gasteiger partial charge in [-0.2, -0.15) is 28.6 Å². The third kappa shape index (κ3) is 3.70. The quantitative estimate of drug-likeness (QED) is 0.874. The first-order valence-electron chi connectivity index (χ1n) is 7.26. The normalized spacial score (nSPS) is 25.4. The molecule has 108 valence electrons. The molecule has 3 atom stereocenters. The van der Waals surface area contributed by atoms with Crippen molar-refractivity contribution in [2.24, 2.45) is 0 Å². The average molecular weight is 300 g/mol. The van der Waals surface area contributed by atoms with Crippen LogP contribution in [0.4, 0.5) is 0 Å². The zero-order valence-electron chi connectivity index (χ0n) is 12.1. The van der Waals surface area contributed by atoms with Crippen LogP contribution >= 0.6 is 23.5 Å². The summed E-state index contributed by atoms with van der Waals surface area (Å²) in [6.45, 7) is 8.80. The summed E-state index contributed by atoms with van der Waals surface area (Å²) in [7, 11) is 0. The van der Waals surface area contributed by atoms with Crippen molar-refractivity contribution in [1.29, 1.82) is 0 Å². The van der Waals surface area contributed by atoms with E-state index < -0.39 is 0 Å². The van der Waals surface area contributed by atoms with Crippen LogP contribution in [0.3, 0.4) is 0 Å². The van der Waals surface area contributed by atoms with Crippen LogP contribution in [0.1, 0.15) is 38.9 Å². The molecule has 0 aliphatic carbocycles. The average Bonchev–Trinajstić information content (AvgIpc) is 2.86. The van der Waals surface area contributed by atoms with E-state index in [1.54, 1.807) is 0 Å². The Kier molecular flexibility index (Phi) is 6.10. The smallest absolute Gasteiger partial charge is 0.0623 e. The van der Waals surface area contributed by atoms with Gasteiger partial charge >= 0.3 is 0 Å². The highest BCUT2D eigenvalue weighted by Crippen LogP contribution is 2.38. The van der Waals surface area contributed by atoms with E-state index >= 15 is 0 Å². The minimum Gasteiger partial charge on any atom is -0.308 e. The predicted octanol–water partition coefficient (Wildman–Crippen LogP) is 3.18. The van der Waals surface area contributed by atoms with E-state index in [1.165, 1.54) is 17.2 Å². The number of aromatic nitrogens is 2. The van der Waals surface area contributed by atoms with Gasteiger partial charge in [0.05, 0.1) is 11.7 Å². The first-order chi connectivity index (χ1) is 9.27. The lowest BCUT2D eigenvalue weighted by Crippen LogP contribution is -2.39. The molecule has 1 aliphatic heterocycles. The fourth-order valence-electron chi connectivity index (χ4n) is 2.63. The first kappa shape index (κ1) is 15.3. The SMILES string of the molecule is CCCn1nccc1C(NCC)C1SCCSC1C. The lowest BCUT2D eigenvalue weighted by atomic mass is 10.1. The maximum absolute atomic E-state index is 4.49. The first-order valence-corrected chi connectivity index (χ1v) is 9.36. The molecule has 1 saturated heterocycles. The Labute approximate surface area is 125 Å². The van der Waals surface area contributed by atoms with Crippen LogP contribution in [0.2, 0.25) is 0 Å². The van der Waals surface area contributed by atoms with Crippen LogP contribution in [-0.4, -0.2) is 38.3 Å². The van der Waals surface area contributed by atoms with E-state index in [2.05, 4.69) is 65.5 Å². The zero-order chi connectivity index (χ0) is 13.7. The molecule has 1 aromatic heterocycles. The van der Waals surface area contributed by atoms with Crippen LogP contribution in [0.25, 0.3) is 0 Å². The van der Waals surface area contributed by atoms with Crippen LogP contribution < -0.4 is 5.32 Å². The van der Waals surface area contributed by atoms with Crippen molar-refractivity contribution in [3.63, 3.8) is 0 Å². The van der Waals surface area contributed by atoms with Crippen LogP contribution in [0.15, 0.2) is 12.3 Å². The molecule has 1 aliphatic rings. The molecule has 5 heteroatoms. The van der Waals surface area contributed by atoms with Gasteiger partial charge in [0.2, 0.25) is 0 Å². The molecule has 1 fully saturated rings. The largest absolute Gasteiger partial charge is 0.308 e. The molecule has 3 nitrogen and oxygen atoms in total. The zero-order valence-corrected chi connectivity index (χ0v) is 13.8. The molecule has 3 unspecified atom stereocenters. The molecule has 0 saturated carbocycles. The molecular formula is C14H25N3S2. The molecule has 2 rings (SSSR count). The van der Waals surface area contributed by atoms with E-state index in [1.807, 2.05) is 6.20 Å². The number of hydrogen-bond acceptors (Lipinski definition) is 4. The summed E-state index contributed by atoms with van der Waals surface area (Å²) in [4.78, 5) is 0. The van der Waals surface area contributed by atoms with Gasteiger partial charge in [-0.15, -0.1) is 0 Å². The highest BCUT2D eigenvalue weighted by Gasteiger charge is 2.32.